The predicted octanol–water partition coefficient (Wildman–Crippen LogP) is 1.29. The minimum Gasteiger partial charge on any atom is -1.00 e. The molecule has 0 heterocycles. The number of carbonyl (C=O) groups is 1. The third kappa shape index (κ3) is 4.17. The van der Waals surface area contributed by atoms with Gasteiger partial charge in [-0.25, -0.2) is 4.79 Å². The van der Waals surface area contributed by atoms with Crippen LogP contribution in [0.5, 0.6) is 0 Å². The smallest absolute Gasteiger partial charge is 1.00 e. The normalized spacial score (nSPS) is 11.1. The molecular weight excluding hydrogens is 210 g/mol. The minimum absolute atomic E-state index is 0. The quantitative estimate of drug-likeness (QED) is 0.615. The van der Waals surface area contributed by atoms with Gasteiger partial charge in [0.15, 0.2) is 6.04 Å². The Balaban J connectivity index is -0.000000563. The van der Waals surface area contributed by atoms with Crippen LogP contribution in [0, 0.1) is 4.91 Å². The molecule has 1 aromatic rings. The molecule has 1 N–H and O–H groups in total. The summed E-state index contributed by atoms with van der Waals surface area (Å²) in [6, 6.07) is 7.76. The number of aliphatic carboxylic acids is 1. The first kappa shape index (κ1) is 13.5. The molecule has 0 bridgehead atoms. The fourth-order valence-corrected chi connectivity index (χ4v) is 1.01. The summed E-state index contributed by atoms with van der Waals surface area (Å²) in [7, 11) is 0. The van der Waals surface area contributed by atoms with E-state index in [0.717, 1.165) is 5.56 Å². The fraction of sp³-hybridized carbons (Fsp3) is 0.222. The Morgan fingerprint density at radius 3 is 2.43 bits per heavy atom. The zero-order valence-corrected chi connectivity index (χ0v) is 9.80. The minimum atomic E-state index is -1.18. The number of carboxylic acid groups (broad SMARTS) is 1. The van der Waals surface area contributed by atoms with Gasteiger partial charge >= 0.3 is 43.7 Å². The van der Waals surface area contributed by atoms with Gasteiger partial charge in [0.1, 0.15) is 0 Å². The van der Waals surface area contributed by atoms with Crippen molar-refractivity contribution in [2.24, 2.45) is 5.18 Å². The molecular formula is C9H11CaNO3. The van der Waals surface area contributed by atoms with E-state index in [4.69, 9.17) is 5.11 Å². The second kappa shape index (κ2) is 6.92. The van der Waals surface area contributed by atoms with E-state index in [9.17, 15) is 9.70 Å². The predicted molar refractivity (Wildman–Crippen MR) is 55.3 cm³/mol. The van der Waals surface area contributed by atoms with Crippen LogP contribution in [0.3, 0.4) is 0 Å². The maximum atomic E-state index is 10.4. The molecule has 0 aliphatic heterocycles. The van der Waals surface area contributed by atoms with Crippen LogP contribution in [-0.4, -0.2) is 54.9 Å². The number of hydrogen-bond donors (Lipinski definition) is 1. The molecule has 0 unspecified atom stereocenters. The van der Waals surface area contributed by atoms with Crippen molar-refractivity contribution in [3.05, 3.63) is 40.8 Å². The SMILES string of the molecule is O=N[C@@H](Cc1ccccc1)C(=O)O.[Ca+2].[H-].[H-]. The van der Waals surface area contributed by atoms with Crippen LogP contribution in [0.15, 0.2) is 35.5 Å². The number of carboxylic acids is 1. The maximum Gasteiger partial charge on any atom is 2.00 e. The molecule has 0 saturated heterocycles. The van der Waals surface area contributed by atoms with Gasteiger partial charge in [-0.15, -0.1) is 4.91 Å². The van der Waals surface area contributed by atoms with Crippen molar-refractivity contribution in [3.8, 4) is 0 Å². The van der Waals surface area contributed by atoms with E-state index in [0.29, 0.717) is 0 Å². The number of benzene rings is 1. The van der Waals surface area contributed by atoms with Crippen molar-refractivity contribution < 1.29 is 12.8 Å². The third-order valence-corrected chi connectivity index (χ3v) is 1.68. The molecule has 0 aliphatic rings. The number of hydrogen-bond acceptors (Lipinski definition) is 3. The summed E-state index contributed by atoms with van der Waals surface area (Å²) in [4.78, 5) is 20.6. The van der Waals surface area contributed by atoms with E-state index < -0.39 is 12.0 Å². The zero-order valence-electron chi connectivity index (χ0n) is 9.59. The van der Waals surface area contributed by atoms with Crippen LogP contribution < -0.4 is 0 Å². The van der Waals surface area contributed by atoms with Gasteiger partial charge in [-0.1, -0.05) is 35.5 Å². The van der Waals surface area contributed by atoms with Gasteiger partial charge in [0.25, 0.3) is 0 Å². The van der Waals surface area contributed by atoms with Crippen LogP contribution in [0.25, 0.3) is 0 Å². The first-order valence-electron chi connectivity index (χ1n) is 3.83. The standard InChI is InChI=1S/C9H9NO3.Ca.2H/c11-9(12)8(10-13)6-7-4-2-1-3-5-7;;;/h1-5,8H,6H2,(H,11,12);;;/q;+2;2*-1/t8-;;;/m0.../s1. The van der Waals surface area contributed by atoms with Gasteiger partial charge in [0.05, 0.1) is 0 Å². The van der Waals surface area contributed by atoms with Crippen molar-refractivity contribution in [2.45, 2.75) is 12.5 Å². The van der Waals surface area contributed by atoms with Crippen LogP contribution in [-0.2, 0) is 11.2 Å². The van der Waals surface area contributed by atoms with Crippen LogP contribution >= 0.6 is 0 Å². The molecule has 5 heteroatoms. The average Bonchev–Trinajstić information content (AvgIpc) is 2.15. The molecule has 4 nitrogen and oxygen atoms in total. The Kier molecular flexibility index (Phi) is 6.70. The van der Waals surface area contributed by atoms with Crippen LogP contribution in [0.4, 0.5) is 0 Å². The summed E-state index contributed by atoms with van der Waals surface area (Å²) in [5.41, 5.74) is 0.800. The van der Waals surface area contributed by atoms with Gasteiger partial charge in [0.2, 0.25) is 0 Å². The van der Waals surface area contributed by atoms with Gasteiger partial charge in [-0.3, -0.25) is 0 Å². The Bertz CT molecular complexity index is 311. The molecule has 0 saturated carbocycles. The molecule has 0 aromatic heterocycles. The van der Waals surface area contributed by atoms with Crippen molar-refractivity contribution in [1.29, 1.82) is 0 Å². The first-order chi connectivity index (χ1) is 6.24. The maximum absolute atomic E-state index is 10.4. The van der Waals surface area contributed by atoms with Crippen molar-refractivity contribution in [3.63, 3.8) is 0 Å². The van der Waals surface area contributed by atoms with Gasteiger partial charge in [-0.2, -0.15) is 0 Å². The topological polar surface area (TPSA) is 66.7 Å². The van der Waals surface area contributed by atoms with Gasteiger partial charge in [0, 0.05) is 6.42 Å². The monoisotopic (exact) mass is 221 g/mol. The molecule has 72 valence electrons. The third-order valence-electron chi connectivity index (χ3n) is 1.68. The summed E-state index contributed by atoms with van der Waals surface area (Å²) in [5, 5.41) is 11.1. The summed E-state index contributed by atoms with van der Waals surface area (Å²) in [6.45, 7) is 0. The Morgan fingerprint density at radius 1 is 1.43 bits per heavy atom. The second-order valence-corrected chi connectivity index (χ2v) is 2.65. The van der Waals surface area contributed by atoms with E-state index in [1.54, 1.807) is 24.3 Å². The first-order valence-corrected chi connectivity index (χ1v) is 3.83. The van der Waals surface area contributed by atoms with Crippen LogP contribution in [0.1, 0.15) is 8.42 Å². The fourth-order valence-electron chi connectivity index (χ4n) is 1.01. The molecule has 14 heavy (non-hydrogen) atoms. The van der Waals surface area contributed by atoms with E-state index in [1.807, 2.05) is 6.07 Å². The number of nitroso groups, excluding NO2 is 1. The van der Waals surface area contributed by atoms with Gasteiger partial charge in [-0.05, 0) is 5.56 Å². The van der Waals surface area contributed by atoms with Crippen molar-refractivity contribution in [1.82, 2.24) is 0 Å². The summed E-state index contributed by atoms with van der Waals surface area (Å²) < 4.78 is 0. The molecule has 1 rings (SSSR count). The van der Waals surface area contributed by atoms with Gasteiger partial charge < -0.3 is 7.96 Å². The van der Waals surface area contributed by atoms with E-state index in [-0.39, 0.29) is 47.0 Å². The van der Waals surface area contributed by atoms with Crippen molar-refractivity contribution in [2.75, 3.05) is 0 Å². The summed E-state index contributed by atoms with van der Waals surface area (Å²) >= 11 is 0. The molecule has 0 amide bonds. The average molecular weight is 221 g/mol. The molecule has 1 atom stereocenters. The molecule has 0 spiro atoms. The van der Waals surface area contributed by atoms with E-state index >= 15 is 0 Å². The Labute approximate surface area is 114 Å². The number of nitrogens with zero attached hydrogens (tertiary/aromatic N) is 1. The second-order valence-electron chi connectivity index (χ2n) is 2.65. The Morgan fingerprint density at radius 2 is 2.00 bits per heavy atom. The number of rotatable bonds is 4. The van der Waals surface area contributed by atoms with Crippen molar-refractivity contribution >= 4 is 43.7 Å². The zero-order chi connectivity index (χ0) is 9.68. The molecule has 0 radical (unpaired) electrons. The largest absolute Gasteiger partial charge is 2.00 e. The van der Waals surface area contributed by atoms with E-state index in [1.165, 1.54) is 0 Å². The van der Waals surface area contributed by atoms with E-state index in [2.05, 4.69) is 5.18 Å². The molecule has 0 aliphatic carbocycles. The molecule has 1 aromatic carbocycles. The summed E-state index contributed by atoms with van der Waals surface area (Å²) in [5.74, 6) is -1.18. The Hall–Kier alpha value is -0.450. The summed E-state index contributed by atoms with van der Waals surface area (Å²) in [6.07, 6.45) is 0.152. The van der Waals surface area contributed by atoms with Crippen LogP contribution in [0.2, 0.25) is 0 Å². The molecule has 0 fully saturated rings.